The minimum absolute atomic E-state index is 0.242. The molecule has 0 radical (unpaired) electrons. The van der Waals surface area contributed by atoms with Gasteiger partial charge in [-0.15, -0.1) is 0 Å². The van der Waals surface area contributed by atoms with Gasteiger partial charge in [0.05, 0.1) is 19.4 Å². The molecular formula is C13H20F3N3O2. The lowest BCUT2D eigenvalue weighted by atomic mass is 10.4. The van der Waals surface area contributed by atoms with Crippen LogP contribution in [0.25, 0.3) is 0 Å². The second-order valence-corrected chi connectivity index (χ2v) is 4.23. The minimum Gasteiger partial charge on any atom is -0.493 e. The molecule has 0 unspecified atom stereocenters. The molecule has 5 nitrogen and oxygen atoms in total. The number of hydrogen-bond acceptors (Lipinski definition) is 4. The molecule has 0 atom stereocenters. The summed E-state index contributed by atoms with van der Waals surface area (Å²) in [6.07, 6.45) is 0.0791. The summed E-state index contributed by atoms with van der Waals surface area (Å²) in [5.74, 6) is -0.0126. The Kier molecular flexibility index (Phi) is 9.11. The summed E-state index contributed by atoms with van der Waals surface area (Å²) in [4.78, 5) is 15.8. The van der Waals surface area contributed by atoms with Crippen LogP contribution in [0.4, 0.5) is 13.2 Å². The molecule has 120 valence electrons. The molecular weight excluding hydrogens is 287 g/mol. The van der Waals surface area contributed by atoms with Gasteiger partial charge in [-0.3, -0.25) is 14.7 Å². The van der Waals surface area contributed by atoms with Gasteiger partial charge in [0.15, 0.2) is 0 Å². The normalized spacial score (nSPS) is 12.3. The second-order valence-electron chi connectivity index (χ2n) is 4.23. The molecule has 0 saturated carbocycles. The lowest BCUT2D eigenvalue weighted by Gasteiger charge is -2.18. The van der Waals surface area contributed by atoms with Crippen molar-refractivity contribution < 1.29 is 22.7 Å². The van der Waals surface area contributed by atoms with Crippen molar-refractivity contribution >= 4 is 12.1 Å². The van der Waals surface area contributed by atoms with Crippen molar-refractivity contribution in [2.24, 2.45) is 4.99 Å². The van der Waals surface area contributed by atoms with Crippen LogP contribution < -0.4 is 5.32 Å². The molecule has 0 fully saturated rings. The largest absolute Gasteiger partial charge is 0.493 e. The van der Waals surface area contributed by atoms with Gasteiger partial charge in [0, 0.05) is 25.9 Å². The molecule has 0 aliphatic carbocycles. The number of nitrogens with zero attached hydrogens (tertiary/aromatic N) is 2. The van der Waals surface area contributed by atoms with Crippen LogP contribution in [0, 0.1) is 0 Å². The van der Waals surface area contributed by atoms with Crippen LogP contribution in [0.3, 0.4) is 0 Å². The number of rotatable bonds is 9. The van der Waals surface area contributed by atoms with Gasteiger partial charge in [0.1, 0.15) is 5.76 Å². The standard InChI is InChI=1S/C13H20F3N3O2/c1-11(9-18-6-5-12(20)17-2)21-8-4-7-19(3)10-13(14,15)16/h5-6,9H,1,4,7-8,10H2,2-3H3,(H,17,20)/b6-5+,18-9-. The number of aliphatic imine (C=N–C) groups is 1. The van der Waals surface area contributed by atoms with Crippen molar-refractivity contribution in [2.75, 3.05) is 33.8 Å². The average Bonchev–Trinajstić information content (AvgIpc) is 2.37. The molecule has 0 spiro atoms. The van der Waals surface area contributed by atoms with Crippen LogP contribution >= 0.6 is 0 Å². The van der Waals surface area contributed by atoms with E-state index in [0.29, 0.717) is 6.42 Å². The number of nitrogens with one attached hydrogen (secondary N) is 1. The molecule has 0 aromatic rings. The van der Waals surface area contributed by atoms with Crippen LogP contribution in [-0.4, -0.2) is 57.0 Å². The zero-order valence-electron chi connectivity index (χ0n) is 12.1. The number of carbonyl (C=O) groups excluding carboxylic acids is 1. The Morgan fingerprint density at radius 2 is 2.14 bits per heavy atom. The Labute approximate surface area is 122 Å². The van der Waals surface area contributed by atoms with Crippen LogP contribution in [0.1, 0.15) is 6.42 Å². The number of carbonyl (C=O) groups is 1. The number of amides is 1. The molecule has 1 N–H and O–H groups in total. The van der Waals surface area contributed by atoms with Gasteiger partial charge in [-0.1, -0.05) is 6.58 Å². The molecule has 21 heavy (non-hydrogen) atoms. The SMILES string of the molecule is C=C(/C=N\C=C\C(=O)NC)OCCCN(C)CC(F)(F)F. The number of alkyl halides is 3. The number of allylic oxidation sites excluding steroid dienone is 1. The Morgan fingerprint density at radius 3 is 2.71 bits per heavy atom. The Bertz CT molecular complexity index is 393. The third kappa shape index (κ3) is 12.9. The summed E-state index contributed by atoms with van der Waals surface area (Å²) in [6, 6.07) is 0. The maximum Gasteiger partial charge on any atom is 0.401 e. The lowest BCUT2D eigenvalue weighted by Crippen LogP contribution is -2.32. The quantitative estimate of drug-likeness (QED) is 0.305. The Morgan fingerprint density at radius 1 is 1.48 bits per heavy atom. The summed E-state index contributed by atoms with van der Waals surface area (Å²) >= 11 is 0. The lowest BCUT2D eigenvalue weighted by molar-refractivity contribution is -0.143. The van der Waals surface area contributed by atoms with E-state index in [-0.39, 0.29) is 24.8 Å². The van der Waals surface area contributed by atoms with Crippen molar-refractivity contribution in [2.45, 2.75) is 12.6 Å². The van der Waals surface area contributed by atoms with E-state index in [0.717, 1.165) is 0 Å². The van der Waals surface area contributed by atoms with E-state index in [4.69, 9.17) is 4.74 Å². The summed E-state index contributed by atoms with van der Waals surface area (Å²) in [5, 5.41) is 2.38. The van der Waals surface area contributed by atoms with Crippen molar-refractivity contribution in [1.82, 2.24) is 10.2 Å². The van der Waals surface area contributed by atoms with E-state index >= 15 is 0 Å². The summed E-state index contributed by atoms with van der Waals surface area (Å²) in [7, 11) is 2.89. The van der Waals surface area contributed by atoms with Gasteiger partial charge in [0.25, 0.3) is 0 Å². The highest BCUT2D eigenvalue weighted by atomic mass is 19.4. The molecule has 0 aromatic heterocycles. The maximum atomic E-state index is 12.1. The predicted octanol–water partition coefficient (Wildman–Crippen LogP) is 1.73. The van der Waals surface area contributed by atoms with E-state index in [1.54, 1.807) is 0 Å². The molecule has 8 heteroatoms. The monoisotopic (exact) mass is 307 g/mol. The van der Waals surface area contributed by atoms with E-state index < -0.39 is 12.7 Å². The van der Waals surface area contributed by atoms with Crippen LogP contribution in [0.15, 0.2) is 29.6 Å². The molecule has 0 rings (SSSR count). The zero-order valence-corrected chi connectivity index (χ0v) is 12.1. The smallest absolute Gasteiger partial charge is 0.401 e. The first-order valence-corrected chi connectivity index (χ1v) is 6.23. The Hall–Kier alpha value is -1.83. The summed E-state index contributed by atoms with van der Waals surface area (Å²) in [6.45, 7) is 3.13. The van der Waals surface area contributed by atoms with E-state index in [9.17, 15) is 18.0 Å². The van der Waals surface area contributed by atoms with Gasteiger partial charge in [-0.25, -0.2) is 0 Å². The minimum atomic E-state index is -4.19. The van der Waals surface area contributed by atoms with E-state index in [1.165, 1.54) is 37.5 Å². The first kappa shape index (κ1) is 19.2. The number of halogens is 3. The fourth-order valence-corrected chi connectivity index (χ4v) is 1.28. The molecule has 0 aliphatic heterocycles. The van der Waals surface area contributed by atoms with Gasteiger partial charge in [-0.2, -0.15) is 13.2 Å². The van der Waals surface area contributed by atoms with E-state index in [1.807, 2.05) is 0 Å². The molecule has 0 bridgehead atoms. The highest BCUT2D eigenvalue weighted by Gasteiger charge is 2.28. The van der Waals surface area contributed by atoms with Gasteiger partial charge in [-0.05, 0) is 13.5 Å². The fourth-order valence-electron chi connectivity index (χ4n) is 1.28. The zero-order chi connectivity index (χ0) is 16.3. The first-order chi connectivity index (χ1) is 9.74. The van der Waals surface area contributed by atoms with Crippen LogP contribution in [-0.2, 0) is 9.53 Å². The van der Waals surface area contributed by atoms with Gasteiger partial charge in [0.2, 0.25) is 5.91 Å². The average molecular weight is 307 g/mol. The predicted molar refractivity (Wildman–Crippen MR) is 75.0 cm³/mol. The maximum absolute atomic E-state index is 12.1. The second kappa shape index (κ2) is 9.98. The number of hydrogen-bond donors (Lipinski definition) is 1. The van der Waals surface area contributed by atoms with Crippen molar-refractivity contribution in [3.63, 3.8) is 0 Å². The third-order valence-corrected chi connectivity index (χ3v) is 2.20. The topological polar surface area (TPSA) is 53.9 Å². The molecule has 0 heterocycles. The van der Waals surface area contributed by atoms with Gasteiger partial charge < -0.3 is 10.1 Å². The number of likely N-dealkylation sites (N-methyl/N-ethyl adjacent to an activating group) is 1. The summed E-state index contributed by atoms with van der Waals surface area (Å²) in [5.41, 5.74) is 0. The first-order valence-electron chi connectivity index (χ1n) is 6.23. The van der Waals surface area contributed by atoms with Crippen molar-refractivity contribution in [3.8, 4) is 0 Å². The summed E-state index contributed by atoms with van der Waals surface area (Å²) < 4.78 is 41.3. The van der Waals surface area contributed by atoms with Crippen LogP contribution in [0.5, 0.6) is 0 Å². The van der Waals surface area contributed by atoms with Crippen molar-refractivity contribution in [3.05, 3.63) is 24.6 Å². The molecule has 0 aromatic carbocycles. The highest BCUT2D eigenvalue weighted by Crippen LogP contribution is 2.15. The fraction of sp³-hybridized carbons (Fsp3) is 0.538. The molecule has 0 saturated heterocycles. The Balaban J connectivity index is 3.78. The van der Waals surface area contributed by atoms with Gasteiger partial charge >= 0.3 is 6.18 Å². The number of ether oxygens (including phenoxy) is 1. The highest BCUT2D eigenvalue weighted by molar-refractivity contribution is 5.87. The third-order valence-electron chi connectivity index (χ3n) is 2.20. The molecule has 0 aliphatic rings. The van der Waals surface area contributed by atoms with Crippen LogP contribution in [0.2, 0.25) is 0 Å². The van der Waals surface area contributed by atoms with Crippen molar-refractivity contribution in [1.29, 1.82) is 0 Å². The van der Waals surface area contributed by atoms with E-state index in [2.05, 4.69) is 16.9 Å². The molecule has 1 amide bonds.